The third-order valence-electron chi connectivity index (χ3n) is 6.32. The van der Waals surface area contributed by atoms with E-state index in [1.807, 2.05) is 9.25 Å². The van der Waals surface area contributed by atoms with Crippen LogP contribution in [0.3, 0.4) is 0 Å². The molecule has 5 rings (SSSR count). The Morgan fingerprint density at radius 2 is 1.94 bits per heavy atom. The van der Waals surface area contributed by atoms with E-state index in [4.69, 9.17) is 5.10 Å². The summed E-state index contributed by atoms with van der Waals surface area (Å²) in [5.74, 6) is -1.31. The van der Waals surface area contributed by atoms with E-state index in [2.05, 4.69) is 20.8 Å². The number of aromatic carboxylic acids is 1. The lowest BCUT2D eigenvalue weighted by molar-refractivity contribution is 0.0693. The molecule has 6 nitrogen and oxygen atoms in total. The summed E-state index contributed by atoms with van der Waals surface area (Å²) in [6, 6.07) is 7.87. The normalized spacial score (nSPS) is 17.9. The average molecular weight is 421 g/mol. The highest BCUT2D eigenvalue weighted by Crippen LogP contribution is 2.50. The van der Waals surface area contributed by atoms with E-state index in [1.165, 1.54) is 18.3 Å². The van der Waals surface area contributed by atoms with E-state index in [-0.39, 0.29) is 28.8 Å². The minimum absolute atomic E-state index is 0.117. The van der Waals surface area contributed by atoms with Gasteiger partial charge in [-0.1, -0.05) is 39.0 Å². The molecule has 160 valence electrons. The van der Waals surface area contributed by atoms with Crippen molar-refractivity contribution in [2.45, 2.75) is 52.1 Å². The zero-order chi connectivity index (χ0) is 22.1. The molecule has 0 radical (unpaired) electrons. The molecule has 1 fully saturated rings. The minimum atomic E-state index is -1.25. The Balaban J connectivity index is 1.85. The predicted molar refractivity (Wildman–Crippen MR) is 115 cm³/mol. The molecule has 3 aromatic rings. The first-order chi connectivity index (χ1) is 14.7. The maximum Gasteiger partial charge on any atom is 0.341 e. The zero-order valence-corrected chi connectivity index (χ0v) is 17.7. The molecule has 1 aliphatic heterocycles. The van der Waals surface area contributed by atoms with Crippen molar-refractivity contribution in [3.63, 3.8) is 0 Å². The second kappa shape index (κ2) is 6.64. The summed E-state index contributed by atoms with van der Waals surface area (Å²) in [6.45, 7) is 6.75. The second-order valence-electron chi connectivity index (χ2n) is 9.58. The first kappa shape index (κ1) is 19.7. The Morgan fingerprint density at radius 3 is 2.55 bits per heavy atom. The summed E-state index contributed by atoms with van der Waals surface area (Å²) < 4.78 is 18.7. The van der Waals surface area contributed by atoms with Gasteiger partial charge in [-0.3, -0.25) is 9.48 Å². The third kappa shape index (κ3) is 3.10. The maximum absolute atomic E-state index is 14.9. The first-order valence-electron chi connectivity index (χ1n) is 10.5. The van der Waals surface area contributed by atoms with E-state index in [0.717, 1.165) is 18.5 Å². The van der Waals surface area contributed by atoms with Crippen molar-refractivity contribution >= 4 is 5.97 Å². The van der Waals surface area contributed by atoms with Crippen molar-refractivity contribution in [3.8, 4) is 22.5 Å². The van der Waals surface area contributed by atoms with E-state index >= 15 is 0 Å². The molecule has 1 aliphatic carbocycles. The van der Waals surface area contributed by atoms with Crippen LogP contribution in [-0.4, -0.2) is 25.4 Å². The largest absolute Gasteiger partial charge is 0.477 e. The lowest BCUT2D eigenvalue weighted by Crippen LogP contribution is -2.35. The van der Waals surface area contributed by atoms with Crippen LogP contribution in [0.15, 0.2) is 41.3 Å². The van der Waals surface area contributed by atoms with E-state index in [9.17, 15) is 19.1 Å². The Bertz CT molecular complexity index is 1280. The quantitative estimate of drug-likeness (QED) is 0.665. The molecule has 1 N–H and O–H groups in total. The zero-order valence-electron chi connectivity index (χ0n) is 17.7. The number of fused-ring (bicyclic) bond motifs is 3. The van der Waals surface area contributed by atoms with E-state index in [0.29, 0.717) is 29.1 Å². The van der Waals surface area contributed by atoms with Crippen molar-refractivity contribution in [1.82, 2.24) is 14.3 Å². The summed E-state index contributed by atoms with van der Waals surface area (Å²) in [5, 5.41) is 14.4. The van der Waals surface area contributed by atoms with Gasteiger partial charge in [0.1, 0.15) is 11.4 Å². The van der Waals surface area contributed by atoms with Crippen molar-refractivity contribution in [2.24, 2.45) is 5.41 Å². The number of carbonyl (C=O) groups is 1. The van der Waals surface area contributed by atoms with Crippen LogP contribution in [-0.2, 0) is 6.54 Å². The molecular weight excluding hydrogens is 397 g/mol. The first-order valence-corrected chi connectivity index (χ1v) is 10.5. The number of benzene rings is 1. The second-order valence-corrected chi connectivity index (χ2v) is 9.58. The summed E-state index contributed by atoms with van der Waals surface area (Å²) in [7, 11) is 0. The van der Waals surface area contributed by atoms with Gasteiger partial charge in [0.15, 0.2) is 5.43 Å². The number of rotatable bonds is 3. The molecule has 0 spiro atoms. The fourth-order valence-corrected chi connectivity index (χ4v) is 4.55. The van der Waals surface area contributed by atoms with Crippen LogP contribution < -0.4 is 5.43 Å². The summed E-state index contributed by atoms with van der Waals surface area (Å²) in [5.41, 5.74) is 2.25. The summed E-state index contributed by atoms with van der Waals surface area (Å²) >= 11 is 0. The minimum Gasteiger partial charge on any atom is -0.477 e. The van der Waals surface area contributed by atoms with Gasteiger partial charge in [0.25, 0.3) is 0 Å². The molecule has 0 saturated heterocycles. The fourth-order valence-electron chi connectivity index (χ4n) is 4.55. The average Bonchev–Trinajstić information content (AvgIpc) is 3.47. The van der Waals surface area contributed by atoms with Gasteiger partial charge < -0.3 is 9.67 Å². The van der Waals surface area contributed by atoms with Gasteiger partial charge in [-0.2, -0.15) is 5.10 Å². The fraction of sp³-hybridized carbons (Fsp3) is 0.375. The molecule has 3 heterocycles. The number of hydrogen-bond acceptors (Lipinski definition) is 3. The molecule has 1 saturated carbocycles. The van der Waals surface area contributed by atoms with Crippen molar-refractivity contribution in [3.05, 3.63) is 63.8 Å². The van der Waals surface area contributed by atoms with Crippen LogP contribution in [0.4, 0.5) is 4.39 Å². The molecule has 7 heteroatoms. The molecule has 0 bridgehead atoms. The van der Waals surface area contributed by atoms with Gasteiger partial charge in [0.2, 0.25) is 0 Å². The van der Waals surface area contributed by atoms with Gasteiger partial charge in [-0.05, 0) is 24.3 Å². The maximum atomic E-state index is 14.9. The number of hydrogen-bond donors (Lipinski definition) is 1. The Kier molecular flexibility index (Phi) is 4.22. The van der Waals surface area contributed by atoms with Crippen LogP contribution >= 0.6 is 0 Å². The van der Waals surface area contributed by atoms with Crippen molar-refractivity contribution in [2.75, 3.05) is 0 Å². The van der Waals surface area contributed by atoms with Crippen LogP contribution in [0, 0.1) is 11.2 Å². The van der Waals surface area contributed by atoms with E-state index in [1.54, 1.807) is 18.2 Å². The molecule has 0 amide bonds. The standard InChI is InChI=1S/C24H24FN3O3/c1-24(2,3)19-12-28-22(17-10-18(29)15(23(30)31)11-27(17)19)20(21(26-28)13-8-9-13)14-6-4-5-7-16(14)25/h4-7,10-11,13,19H,8-9,12H2,1-3H3,(H,30,31)/t19-/m0/s1. The molecule has 2 aromatic heterocycles. The van der Waals surface area contributed by atoms with Gasteiger partial charge in [-0.15, -0.1) is 0 Å². The molecule has 1 aromatic carbocycles. The number of carboxylic acids is 1. The number of halogens is 1. The van der Waals surface area contributed by atoms with Crippen molar-refractivity contribution < 1.29 is 14.3 Å². The number of carboxylic acid groups (broad SMARTS) is 1. The SMILES string of the molecule is CC(C)(C)[C@@H]1Cn2nc(C3CC3)c(-c3ccccc3F)c2-c2cc(=O)c(C(=O)O)cn21. The molecule has 0 unspecified atom stereocenters. The topological polar surface area (TPSA) is 77.1 Å². The Morgan fingerprint density at radius 1 is 1.23 bits per heavy atom. The third-order valence-corrected chi connectivity index (χ3v) is 6.32. The Labute approximate surface area is 179 Å². The monoisotopic (exact) mass is 421 g/mol. The molecule has 31 heavy (non-hydrogen) atoms. The highest BCUT2D eigenvalue weighted by molar-refractivity contribution is 5.89. The number of aromatic nitrogens is 3. The van der Waals surface area contributed by atoms with Crippen LogP contribution in [0.1, 0.15) is 61.6 Å². The van der Waals surface area contributed by atoms with Crippen molar-refractivity contribution in [1.29, 1.82) is 0 Å². The van der Waals surface area contributed by atoms with Crippen LogP contribution in [0.2, 0.25) is 0 Å². The molecule has 2 aliphatic rings. The lowest BCUT2D eigenvalue weighted by Gasteiger charge is -2.38. The molecule has 1 atom stereocenters. The van der Waals surface area contributed by atoms with E-state index < -0.39 is 11.4 Å². The van der Waals surface area contributed by atoms with Gasteiger partial charge >= 0.3 is 5.97 Å². The highest BCUT2D eigenvalue weighted by Gasteiger charge is 2.39. The summed E-state index contributed by atoms with van der Waals surface area (Å²) in [4.78, 5) is 24.3. The number of nitrogens with zero attached hydrogens (tertiary/aromatic N) is 3. The highest BCUT2D eigenvalue weighted by atomic mass is 19.1. The van der Waals surface area contributed by atoms with Crippen LogP contribution in [0.5, 0.6) is 0 Å². The summed E-state index contributed by atoms with van der Waals surface area (Å²) in [6.07, 6.45) is 3.45. The lowest BCUT2D eigenvalue weighted by atomic mass is 9.84. The Hall–Kier alpha value is -3.22. The number of pyridine rings is 1. The molecular formula is C24H24FN3O3. The van der Waals surface area contributed by atoms with Gasteiger partial charge in [0, 0.05) is 29.3 Å². The van der Waals surface area contributed by atoms with Crippen LogP contribution in [0.25, 0.3) is 22.5 Å². The smallest absolute Gasteiger partial charge is 0.341 e. The van der Waals surface area contributed by atoms with Gasteiger partial charge in [0.05, 0.1) is 29.7 Å². The predicted octanol–water partition coefficient (Wildman–Crippen LogP) is 4.69. The van der Waals surface area contributed by atoms with Gasteiger partial charge in [-0.25, -0.2) is 9.18 Å².